The number of amides is 1. The Labute approximate surface area is 118 Å². The number of hydrogen-bond acceptors (Lipinski definition) is 3. The van der Waals surface area contributed by atoms with Crippen LogP contribution >= 0.6 is 8.03 Å². The molecule has 7 heteroatoms. The van der Waals surface area contributed by atoms with Crippen molar-refractivity contribution in [1.82, 2.24) is 5.06 Å². The second-order valence-corrected chi connectivity index (χ2v) is 3.78. The molecule has 16 heavy (non-hydrogen) atoms. The Bertz CT molecular complexity index is 365. The standard InChI is InChI=1S/C9H10NO4P.Na.H/c1-8(11)10(7-15(12)13)14-9-5-3-2-4-6-9;;/h2-6H,7H2,1H3;;/q;+1;-1/p+1. The molecule has 1 amide bonds. The van der Waals surface area contributed by atoms with Crippen LogP contribution in [0.3, 0.4) is 0 Å². The molecule has 0 aliphatic rings. The Morgan fingerprint density at radius 2 is 2.06 bits per heavy atom. The van der Waals surface area contributed by atoms with E-state index < -0.39 is 13.9 Å². The number of carbonyl (C=O) groups is 1. The van der Waals surface area contributed by atoms with Crippen LogP contribution < -0.4 is 34.4 Å². The number of para-hydroxylation sites is 1. The largest absolute Gasteiger partial charge is 1.00 e. The fourth-order valence-corrected chi connectivity index (χ4v) is 1.39. The summed E-state index contributed by atoms with van der Waals surface area (Å²) in [7, 11) is -2.44. The van der Waals surface area contributed by atoms with Gasteiger partial charge in [0.1, 0.15) is 0 Å². The summed E-state index contributed by atoms with van der Waals surface area (Å²) in [6.45, 7) is 1.27. The van der Waals surface area contributed by atoms with Crippen molar-refractivity contribution >= 4 is 13.9 Å². The zero-order valence-corrected chi connectivity index (χ0v) is 12.1. The molecule has 1 rings (SSSR count). The predicted octanol–water partition coefficient (Wildman–Crippen LogP) is -1.36. The van der Waals surface area contributed by atoms with E-state index in [1.807, 2.05) is 0 Å². The van der Waals surface area contributed by atoms with E-state index in [1.54, 1.807) is 30.3 Å². The van der Waals surface area contributed by atoms with Crippen LogP contribution in [0, 0.1) is 0 Å². The first-order valence-corrected chi connectivity index (χ1v) is 5.64. The number of rotatable bonds is 4. The molecule has 0 radical (unpaired) electrons. The minimum absolute atomic E-state index is 0. The van der Waals surface area contributed by atoms with Gasteiger partial charge in [-0.25, -0.2) is 0 Å². The van der Waals surface area contributed by atoms with Gasteiger partial charge in [0, 0.05) is 6.92 Å². The molecule has 0 aliphatic heterocycles. The summed E-state index contributed by atoms with van der Waals surface area (Å²) in [4.78, 5) is 24.9. The van der Waals surface area contributed by atoms with Crippen molar-refractivity contribution in [2.75, 3.05) is 6.29 Å². The van der Waals surface area contributed by atoms with Crippen LogP contribution in [0.5, 0.6) is 5.75 Å². The second kappa shape index (κ2) is 7.76. The number of carbonyl (C=O) groups excluding carboxylic acids is 1. The number of nitrogens with zero attached hydrogens (tertiary/aromatic N) is 1. The molecule has 5 nitrogen and oxygen atoms in total. The van der Waals surface area contributed by atoms with Crippen LogP contribution in [0.1, 0.15) is 8.35 Å². The summed E-state index contributed by atoms with van der Waals surface area (Å²) in [5.74, 6) is 0.0285. The van der Waals surface area contributed by atoms with Gasteiger partial charge in [-0.05, 0) is 16.7 Å². The average molecular weight is 252 g/mol. The SMILES string of the molecule is CC(=O)N(C[P+](=O)O)Oc1ccccc1.[H-].[Na+]. The summed E-state index contributed by atoms with van der Waals surface area (Å²) >= 11 is 0. The van der Waals surface area contributed by atoms with Crippen molar-refractivity contribution in [3.63, 3.8) is 0 Å². The Kier molecular flexibility index (Phi) is 7.55. The summed E-state index contributed by atoms with van der Waals surface area (Å²) in [5, 5.41) is 0.855. The van der Waals surface area contributed by atoms with Gasteiger partial charge in [-0.15, -0.1) is 5.06 Å². The van der Waals surface area contributed by atoms with Gasteiger partial charge in [-0.3, -0.25) is 4.79 Å². The fourth-order valence-electron chi connectivity index (χ4n) is 0.911. The molecule has 0 heterocycles. The van der Waals surface area contributed by atoms with Crippen LogP contribution in [-0.2, 0) is 9.36 Å². The Morgan fingerprint density at radius 3 is 2.50 bits per heavy atom. The van der Waals surface area contributed by atoms with Crippen molar-refractivity contribution in [3.05, 3.63) is 30.3 Å². The molecule has 0 bridgehead atoms. The van der Waals surface area contributed by atoms with Crippen LogP contribution in [0.25, 0.3) is 0 Å². The summed E-state index contributed by atoms with van der Waals surface area (Å²) < 4.78 is 10.6. The van der Waals surface area contributed by atoms with Gasteiger partial charge >= 0.3 is 37.6 Å². The zero-order chi connectivity index (χ0) is 11.3. The van der Waals surface area contributed by atoms with Crippen LogP contribution in [0.2, 0.25) is 0 Å². The summed E-state index contributed by atoms with van der Waals surface area (Å²) in [5.41, 5.74) is 0. The van der Waals surface area contributed by atoms with Crippen molar-refractivity contribution in [2.45, 2.75) is 6.92 Å². The van der Waals surface area contributed by atoms with Gasteiger partial charge in [-0.1, -0.05) is 18.2 Å². The molecule has 0 aromatic heterocycles. The molecular formula is C9H12NNaO4P+. The molecule has 0 aliphatic carbocycles. The van der Waals surface area contributed by atoms with E-state index >= 15 is 0 Å². The third kappa shape index (κ3) is 5.58. The molecule has 0 saturated heterocycles. The van der Waals surface area contributed by atoms with E-state index in [1.165, 1.54) is 6.92 Å². The predicted molar refractivity (Wildman–Crippen MR) is 55.4 cm³/mol. The van der Waals surface area contributed by atoms with Gasteiger partial charge in [0.05, 0.1) is 0 Å². The fraction of sp³-hybridized carbons (Fsp3) is 0.222. The molecule has 1 aromatic carbocycles. The molecule has 0 fully saturated rings. The van der Waals surface area contributed by atoms with Crippen LogP contribution in [0.15, 0.2) is 30.3 Å². The molecule has 82 valence electrons. The molecule has 1 unspecified atom stereocenters. The Balaban J connectivity index is 0. The van der Waals surface area contributed by atoms with E-state index in [-0.39, 0.29) is 37.3 Å². The molecule has 0 spiro atoms. The summed E-state index contributed by atoms with van der Waals surface area (Å²) in [6.07, 6.45) is -0.334. The smallest absolute Gasteiger partial charge is 1.00 e. The third-order valence-electron chi connectivity index (χ3n) is 1.56. The van der Waals surface area contributed by atoms with Crippen molar-refractivity contribution in [1.29, 1.82) is 0 Å². The van der Waals surface area contributed by atoms with Crippen LogP contribution in [0.4, 0.5) is 0 Å². The van der Waals surface area contributed by atoms with Gasteiger partial charge < -0.3 is 6.26 Å². The topological polar surface area (TPSA) is 66.8 Å². The maximum absolute atomic E-state index is 11.0. The monoisotopic (exact) mass is 252 g/mol. The zero-order valence-electron chi connectivity index (χ0n) is 10.2. The molecular weight excluding hydrogens is 240 g/mol. The van der Waals surface area contributed by atoms with Gasteiger partial charge in [0.25, 0.3) is 12.2 Å². The maximum Gasteiger partial charge on any atom is 1.00 e. The first-order chi connectivity index (χ1) is 7.09. The van der Waals surface area contributed by atoms with Crippen molar-refractivity contribution < 1.29 is 50.1 Å². The van der Waals surface area contributed by atoms with E-state index in [4.69, 9.17) is 9.73 Å². The van der Waals surface area contributed by atoms with Crippen LogP contribution in [-0.4, -0.2) is 22.1 Å². The normalized spacial score (nSPS) is 10.0. The van der Waals surface area contributed by atoms with Crippen molar-refractivity contribution in [3.8, 4) is 5.75 Å². The molecule has 0 saturated carbocycles. The average Bonchev–Trinajstić information content (AvgIpc) is 2.17. The third-order valence-corrected chi connectivity index (χ3v) is 2.06. The maximum atomic E-state index is 11.0. The van der Waals surface area contributed by atoms with E-state index in [0.717, 1.165) is 5.06 Å². The Hall–Kier alpha value is -0.450. The molecule has 1 N–H and O–H groups in total. The minimum atomic E-state index is -2.44. The quantitative estimate of drug-likeness (QED) is 0.408. The van der Waals surface area contributed by atoms with Crippen molar-refractivity contribution in [2.24, 2.45) is 0 Å². The molecule has 1 aromatic rings. The minimum Gasteiger partial charge on any atom is -1.00 e. The summed E-state index contributed by atoms with van der Waals surface area (Å²) in [6, 6.07) is 8.59. The first-order valence-electron chi connectivity index (χ1n) is 4.24. The van der Waals surface area contributed by atoms with Gasteiger partial charge in [0.2, 0.25) is 0 Å². The van der Waals surface area contributed by atoms with E-state index in [2.05, 4.69) is 0 Å². The number of hydrogen-bond donors (Lipinski definition) is 1. The number of hydroxylamine groups is 2. The number of benzene rings is 1. The van der Waals surface area contributed by atoms with E-state index in [9.17, 15) is 9.36 Å². The van der Waals surface area contributed by atoms with Gasteiger partial charge in [0.15, 0.2) is 5.75 Å². The van der Waals surface area contributed by atoms with Gasteiger partial charge in [-0.2, -0.15) is 4.89 Å². The second-order valence-electron chi connectivity index (χ2n) is 2.80. The molecule has 1 atom stereocenters. The van der Waals surface area contributed by atoms with E-state index in [0.29, 0.717) is 5.75 Å². The Morgan fingerprint density at radius 1 is 1.50 bits per heavy atom. The first kappa shape index (κ1) is 15.6.